The van der Waals surface area contributed by atoms with E-state index in [4.69, 9.17) is 5.11 Å². The molecule has 0 aromatic rings. The molecule has 0 aliphatic heterocycles. The molecule has 0 fully saturated rings. The normalized spacial score (nSPS) is 12.5. The molecular formula is C18H36O3. The van der Waals surface area contributed by atoms with Crippen molar-refractivity contribution >= 4 is 5.97 Å². The SMILES string of the molecule is CCCCC[C@H](O)CCCCCCCCCCCC(=O)O. The number of hydrogen-bond donors (Lipinski definition) is 2. The molecule has 0 aromatic carbocycles. The van der Waals surface area contributed by atoms with Crippen LogP contribution in [0.3, 0.4) is 0 Å². The van der Waals surface area contributed by atoms with E-state index in [1.807, 2.05) is 0 Å². The van der Waals surface area contributed by atoms with E-state index in [9.17, 15) is 9.90 Å². The monoisotopic (exact) mass is 300 g/mol. The van der Waals surface area contributed by atoms with E-state index in [1.165, 1.54) is 57.8 Å². The van der Waals surface area contributed by atoms with Crippen LogP contribution >= 0.6 is 0 Å². The Labute approximate surface area is 131 Å². The lowest BCUT2D eigenvalue weighted by atomic mass is 10.0. The van der Waals surface area contributed by atoms with Crippen molar-refractivity contribution in [2.75, 3.05) is 0 Å². The summed E-state index contributed by atoms with van der Waals surface area (Å²) in [5.41, 5.74) is 0. The summed E-state index contributed by atoms with van der Waals surface area (Å²) in [5.74, 6) is -0.674. The number of hydrogen-bond acceptors (Lipinski definition) is 2. The molecule has 0 spiro atoms. The van der Waals surface area contributed by atoms with Gasteiger partial charge in [-0.1, -0.05) is 77.6 Å². The number of aliphatic hydroxyl groups is 1. The molecule has 21 heavy (non-hydrogen) atoms. The number of aliphatic hydroxyl groups excluding tert-OH is 1. The summed E-state index contributed by atoms with van der Waals surface area (Å²) in [4.78, 5) is 10.3. The van der Waals surface area contributed by atoms with Crippen molar-refractivity contribution in [1.82, 2.24) is 0 Å². The van der Waals surface area contributed by atoms with Gasteiger partial charge in [0, 0.05) is 6.42 Å². The van der Waals surface area contributed by atoms with Crippen LogP contribution in [0.1, 0.15) is 103 Å². The van der Waals surface area contributed by atoms with E-state index >= 15 is 0 Å². The molecule has 0 aliphatic carbocycles. The van der Waals surface area contributed by atoms with Gasteiger partial charge in [-0.3, -0.25) is 4.79 Å². The Morgan fingerprint density at radius 3 is 1.67 bits per heavy atom. The Morgan fingerprint density at radius 1 is 0.762 bits per heavy atom. The molecule has 1 atom stereocenters. The van der Waals surface area contributed by atoms with Crippen LogP contribution in [0.5, 0.6) is 0 Å². The van der Waals surface area contributed by atoms with E-state index in [-0.39, 0.29) is 6.10 Å². The van der Waals surface area contributed by atoms with Crippen molar-refractivity contribution in [2.45, 2.75) is 109 Å². The molecule has 0 aliphatic rings. The average Bonchev–Trinajstić information content (AvgIpc) is 2.44. The average molecular weight is 300 g/mol. The van der Waals surface area contributed by atoms with E-state index in [0.717, 1.165) is 32.1 Å². The maximum atomic E-state index is 10.3. The minimum absolute atomic E-state index is 0.0780. The van der Waals surface area contributed by atoms with E-state index in [2.05, 4.69) is 6.92 Å². The number of carboxylic acid groups (broad SMARTS) is 1. The maximum absolute atomic E-state index is 10.3. The summed E-state index contributed by atoms with van der Waals surface area (Å²) in [6.07, 6.45) is 16.3. The van der Waals surface area contributed by atoms with Gasteiger partial charge in [0.25, 0.3) is 0 Å². The van der Waals surface area contributed by atoms with Gasteiger partial charge in [-0.2, -0.15) is 0 Å². The predicted octanol–water partition coefficient (Wildman–Crippen LogP) is 5.30. The highest BCUT2D eigenvalue weighted by Gasteiger charge is 2.03. The second-order valence-corrected chi connectivity index (χ2v) is 6.26. The predicted molar refractivity (Wildman–Crippen MR) is 88.6 cm³/mol. The molecule has 0 radical (unpaired) electrons. The number of carboxylic acids is 1. The molecule has 2 N–H and O–H groups in total. The lowest BCUT2D eigenvalue weighted by Crippen LogP contribution is -2.05. The first-order valence-electron chi connectivity index (χ1n) is 9.06. The molecular weight excluding hydrogens is 264 g/mol. The Morgan fingerprint density at radius 2 is 1.19 bits per heavy atom. The molecule has 0 unspecified atom stereocenters. The summed E-state index contributed by atoms with van der Waals surface area (Å²) in [6.45, 7) is 2.19. The highest BCUT2D eigenvalue weighted by Crippen LogP contribution is 2.14. The highest BCUT2D eigenvalue weighted by atomic mass is 16.4. The third kappa shape index (κ3) is 17.4. The molecule has 0 rings (SSSR count). The fraction of sp³-hybridized carbons (Fsp3) is 0.944. The van der Waals surface area contributed by atoms with Crippen molar-refractivity contribution in [2.24, 2.45) is 0 Å². The zero-order valence-electron chi connectivity index (χ0n) is 14.0. The van der Waals surface area contributed by atoms with Gasteiger partial charge in [-0.15, -0.1) is 0 Å². The van der Waals surface area contributed by atoms with Gasteiger partial charge < -0.3 is 10.2 Å². The lowest BCUT2D eigenvalue weighted by molar-refractivity contribution is -0.137. The van der Waals surface area contributed by atoms with Crippen LogP contribution in [-0.4, -0.2) is 22.3 Å². The Kier molecular flexibility index (Phi) is 15.4. The zero-order chi connectivity index (χ0) is 15.8. The highest BCUT2D eigenvalue weighted by molar-refractivity contribution is 5.66. The van der Waals surface area contributed by atoms with Crippen LogP contribution in [0.4, 0.5) is 0 Å². The summed E-state index contributed by atoms with van der Waals surface area (Å²) in [5, 5.41) is 18.3. The van der Waals surface area contributed by atoms with Crippen molar-refractivity contribution in [3.63, 3.8) is 0 Å². The van der Waals surface area contributed by atoms with Crippen LogP contribution in [0, 0.1) is 0 Å². The zero-order valence-corrected chi connectivity index (χ0v) is 14.0. The van der Waals surface area contributed by atoms with Gasteiger partial charge >= 0.3 is 5.97 Å². The van der Waals surface area contributed by atoms with Crippen LogP contribution in [0.15, 0.2) is 0 Å². The molecule has 3 nitrogen and oxygen atoms in total. The summed E-state index contributed by atoms with van der Waals surface area (Å²) in [7, 11) is 0. The van der Waals surface area contributed by atoms with Crippen LogP contribution in [-0.2, 0) is 4.79 Å². The first kappa shape index (κ1) is 20.4. The third-order valence-electron chi connectivity index (χ3n) is 4.07. The Bertz CT molecular complexity index is 229. The number of carbonyl (C=O) groups is 1. The molecule has 0 saturated heterocycles. The molecule has 3 heteroatoms. The van der Waals surface area contributed by atoms with E-state index in [0.29, 0.717) is 6.42 Å². The van der Waals surface area contributed by atoms with Crippen molar-refractivity contribution in [1.29, 1.82) is 0 Å². The third-order valence-corrected chi connectivity index (χ3v) is 4.07. The van der Waals surface area contributed by atoms with Crippen molar-refractivity contribution in [3.8, 4) is 0 Å². The van der Waals surface area contributed by atoms with E-state index in [1.54, 1.807) is 0 Å². The lowest BCUT2D eigenvalue weighted by Gasteiger charge is -2.09. The quantitative estimate of drug-likeness (QED) is 0.380. The number of aliphatic carboxylic acids is 1. The van der Waals surface area contributed by atoms with Crippen LogP contribution in [0.25, 0.3) is 0 Å². The molecule has 0 aromatic heterocycles. The van der Waals surface area contributed by atoms with Crippen molar-refractivity contribution in [3.05, 3.63) is 0 Å². The van der Waals surface area contributed by atoms with E-state index < -0.39 is 5.97 Å². The molecule has 0 saturated carbocycles. The maximum Gasteiger partial charge on any atom is 0.303 e. The summed E-state index contributed by atoms with van der Waals surface area (Å²) < 4.78 is 0. The molecule has 0 heterocycles. The minimum atomic E-state index is -0.674. The number of rotatable bonds is 16. The Balaban J connectivity index is 3.10. The van der Waals surface area contributed by atoms with Gasteiger partial charge in [-0.25, -0.2) is 0 Å². The van der Waals surface area contributed by atoms with Gasteiger partial charge in [-0.05, 0) is 19.3 Å². The minimum Gasteiger partial charge on any atom is -0.481 e. The topological polar surface area (TPSA) is 57.5 Å². The fourth-order valence-corrected chi connectivity index (χ4v) is 2.67. The standard InChI is InChI=1S/C18H36O3/c1-2-3-11-14-17(19)15-12-9-7-5-4-6-8-10-13-16-18(20)21/h17,19H,2-16H2,1H3,(H,20,21)/t17-/m0/s1. The number of unbranched alkanes of at least 4 members (excludes halogenated alkanes) is 10. The fourth-order valence-electron chi connectivity index (χ4n) is 2.67. The summed E-state index contributed by atoms with van der Waals surface area (Å²) in [6, 6.07) is 0. The van der Waals surface area contributed by atoms with Gasteiger partial charge in [0.05, 0.1) is 6.10 Å². The smallest absolute Gasteiger partial charge is 0.303 e. The van der Waals surface area contributed by atoms with Crippen LogP contribution in [0.2, 0.25) is 0 Å². The molecule has 0 bridgehead atoms. The first-order chi connectivity index (χ1) is 10.2. The second-order valence-electron chi connectivity index (χ2n) is 6.26. The van der Waals surface area contributed by atoms with Gasteiger partial charge in [0.15, 0.2) is 0 Å². The second kappa shape index (κ2) is 15.8. The van der Waals surface area contributed by atoms with Crippen LogP contribution < -0.4 is 0 Å². The first-order valence-corrected chi connectivity index (χ1v) is 9.06. The molecule has 126 valence electrons. The molecule has 0 amide bonds. The largest absolute Gasteiger partial charge is 0.481 e. The van der Waals surface area contributed by atoms with Gasteiger partial charge in [0.1, 0.15) is 0 Å². The van der Waals surface area contributed by atoms with Gasteiger partial charge in [0.2, 0.25) is 0 Å². The summed E-state index contributed by atoms with van der Waals surface area (Å²) >= 11 is 0. The Hall–Kier alpha value is -0.570. The van der Waals surface area contributed by atoms with Crippen molar-refractivity contribution < 1.29 is 15.0 Å².